The van der Waals surface area contributed by atoms with E-state index in [1.165, 1.54) is 12.3 Å². The van der Waals surface area contributed by atoms with E-state index in [9.17, 15) is 10.1 Å². The van der Waals surface area contributed by atoms with Crippen LogP contribution in [0.15, 0.2) is 16.7 Å². The van der Waals surface area contributed by atoms with E-state index in [2.05, 4.69) is 32.5 Å². The Bertz CT molecular complexity index is 376. The zero-order valence-electron chi connectivity index (χ0n) is 8.77. The highest BCUT2D eigenvalue weighted by Gasteiger charge is 2.09. The summed E-state index contributed by atoms with van der Waals surface area (Å²) in [6.07, 6.45) is 4.34. The molecule has 1 aromatic rings. The SMILES string of the molecule is CSCCCNc1ncc([N+](=O)[O-])cc1Br. The molecule has 0 aliphatic carbocycles. The van der Waals surface area contributed by atoms with Crippen LogP contribution < -0.4 is 5.32 Å². The van der Waals surface area contributed by atoms with Gasteiger partial charge in [0.25, 0.3) is 5.69 Å². The van der Waals surface area contributed by atoms with Crippen molar-refractivity contribution in [2.45, 2.75) is 6.42 Å². The van der Waals surface area contributed by atoms with Crippen LogP contribution in [0.25, 0.3) is 0 Å². The van der Waals surface area contributed by atoms with Gasteiger partial charge >= 0.3 is 0 Å². The smallest absolute Gasteiger partial charge is 0.288 e. The maximum absolute atomic E-state index is 10.5. The first-order chi connectivity index (χ1) is 7.65. The average Bonchev–Trinajstić information content (AvgIpc) is 2.26. The molecule has 16 heavy (non-hydrogen) atoms. The highest BCUT2D eigenvalue weighted by atomic mass is 79.9. The predicted octanol–water partition coefficient (Wildman–Crippen LogP) is 2.92. The second-order valence-corrected chi connectivity index (χ2v) is 4.89. The van der Waals surface area contributed by atoms with Crippen LogP contribution in [0.2, 0.25) is 0 Å². The molecule has 5 nitrogen and oxygen atoms in total. The van der Waals surface area contributed by atoms with Crippen molar-refractivity contribution >= 4 is 39.2 Å². The number of hydrogen-bond donors (Lipinski definition) is 1. The van der Waals surface area contributed by atoms with Crippen molar-refractivity contribution in [2.75, 3.05) is 23.9 Å². The molecule has 0 fully saturated rings. The maximum Gasteiger partial charge on any atom is 0.288 e. The summed E-state index contributed by atoms with van der Waals surface area (Å²) < 4.78 is 0.617. The Morgan fingerprint density at radius 1 is 1.69 bits per heavy atom. The number of pyridine rings is 1. The van der Waals surface area contributed by atoms with E-state index >= 15 is 0 Å². The summed E-state index contributed by atoms with van der Waals surface area (Å²) in [6, 6.07) is 1.45. The molecule has 7 heteroatoms. The predicted molar refractivity (Wildman–Crippen MR) is 70.1 cm³/mol. The van der Waals surface area contributed by atoms with E-state index in [4.69, 9.17) is 0 Å². The monoisotopic (exact) mass is 305 g/mol. The first-order valence-corrected chi connectivity index (χ1v) is 6.86. The Labute approximate surface area is 106 Å². The molecule has 0 saturated carbocycles. The molecular formula is C9H12BrN3O2S. The van der Waals surface area contributed by atoms with Gasteiger partial charge in [-0.05, 0) is 34.4 Å². The van der Waals surface area contributed by atoms with Crippen molar-refractivity contribution in [3.63, 3.8) is 0 Å². The Hall–Kier alpha value is -0.820. The summed E-state index contributed by atoms with van der Waals surface area (Å²) in [5.41, 5.74) is -0.0125. The van der Waals surface area contributed by atoms with Gasteiger partial charge in [-0.1, -0.05) is 0 Å². The summed E-state index contributed by atoms with van der Waals surface area (Å²) in [4.78, 5) is 14.0. The van der Waals surface area contributed by atoms with Crippen molar-refractivity contribution in [3.8, 4) is 0 Å². The minimum absolute atomic E-state index is 0.0125. The minimum Gasteiger partial charge on any atom is -0.369 e. The van der Waals surface area contributed by atoms with E-state index in [-0.39, 0.29) is 5.69 Å². The van der Waals surface area contributed by atoms with E-state index < -0.39 is 4.92 Å². The van der Waals surface area contributed by atoms with E-state index in [0.717, 1.165) is 18.7 Å². The van der Waals surface area contributed by atoms with Gasteiger partial charge in [0.1, 0.15) is 12.0 Å². The number of nitro groups is 1. The van der Waals surface area contributed by atoms with Crippen LogP contribution in [-0.2, 0) is 0 Å². The molecule has 0 aliphatic heterocycles. The first-order valence-electron chi connectivity index (χ1n) is 4.68. The lowest BCUT2D eigenvalue weighted by Crippen LogP contribution is -2.05. The molecule has 0 radical (unpaired) electrons. The second kappa shape index (κ2) is 6.70. The lowest BCUT2D eigenvalue weighted by atomic mass is 10.4. The van der Waals surface area contributed by atoms with Gasteiger partial charge in [-0.15, -0.1) is 0 Å². The first kappa shape index (κ1) is 13.2. The maximum atomic E-state index is 10.5. The zero-order chi connectivity index (χ0) is 12.0. The number of thioether (sulfide) groups is 1. The number of nitrogens with zero attached hydrogens (tertiary/aromatic N) is 2. The van der Waals surface area contributed by atoms with E-state index in [1.807, 2.05) is 0 Å². The molecule has 0 amide bonds. The molecule has 0 aliphatic rings. The number of rotatable bonds is 6. The number of hydrogen-bond acceptors (Lipinski definition) is 5. The van der Waals surface area contributed by atoms with Crippen LogP contribution in [0.4, 0.5) is 11.5 Å². The topological polar surface area (TPSA) is 68.1 Å². The van der Waals surface area contributed by atoms with Crippen LogP contribution in [0.1, 0.15) is 6.42 Å². The number of nitrogens with one attached hydrogen (secondary N) is 1. The van der Waals surface area contributed by atoms with Gasteiger partial charge in [-0.2, -0.15) is 11.8 Å². The van der Waals surface area contributed by atoms with Crippen molar-refractivity contribution in [1.82, 2.24) is 4.98 Å². The van der Waals surface area contributed by atoms with E-state index in [1.54, 1.807) is 11.8 Å². The van der Waals surface area contributed by atoms with Gasteiger partial charge in [-0.25, -0.2) is 4.98 Å². The number of aromatic nitrogens is 1. The quantitative estimate of drug-likeness (QED) is 0.497. The lowest BCUT2D eigenvalue weighted by Gasteiger charge is -2.06. The molecule has 1 N–H and O–H groups in total. The average molecular weight is 306 g/mol. The van der Waals surface area contributed by atoms with Crippen LogP contribution in [0.5, 0.6) is 0 Å². The lowest BCUT2D eigenvalue weighted by molar-refractivity contribution is -0.385. The summed E-state index contributed by atoms with van der Waals surface area (Å²) in [6.45, 7) is 0.810. The van der Waals surface area contributed by atoms with Crippen LogP contribution in [-0.4, -0.2) is 28.5 Å². The molecule has 1 rings (SSSR count). The zero-order valence-corrected chi connectivity index (χ0v) is 11.2. The van der Waals surface area contributed by atoms with Gasteiger partial charge in [0, 0.05) is 12.6 Å². The third-order valence-electron chi connectivity index (χ3n) is 1.86. The summed E-state index contributed by atoms with van der Waals surface area (Å²) in [7, 11) is 0. The molecule has 1 heterocycles. The number of anilines is 1. The Morgan fingerprint density at radius 3 is 3.00 bits per heavy atom. The molecule has 0 spiro atoms. The Balaban J connectivity index is 2.57. The van der Waals surface area contributed by atoms with Crippen LogP contribution in [0, 0.1) is 10.1 Å². The molecule has 0 saturated heterocycles. The normalized spacial score (nSPS) is 10.1. The van der Waals surface area contributed by atoms with Gasteiger partial charge in [0.05, 0.1) is 9.40 Å². The highest BCUT2D eigenvalue weighted by molar-refractivity contribution is 9.10. The molecular weight excluding hydrogens is 294 g/mol. The fourth-order valence-corrected chi connectivity index (χ4v) is 1.99. The third-order valence-corrected chi connectivity index (χ3v) is 3.16. The number of halogens is 1. The van der Waals surface area contributed by atoms with Gasteiger partial charge < -0.3 is 5.32 Å². The van der Waals surface area contributed by atoms with E-state index in [0.29, 0.717) is 10.3 Å². The van der Waals surface area contributed by atoms with Crippen LogP contribution >= 0.6 is 27.7 Å². The largest absolute Gasteiger partial charge is 0.369 e. The fourth-order valence-electron chi connectivity index (χ4n) is 1.08. The van der Waals surface area contributed by atoms with Gasteiger partial charge in [0.15, 0.2) is 0 Å². The Kier molecular flexibility index (Phi) is 5.54. The standard InChI is InChI=1S/C9H12BrN3O2S/c1-16-4-2-3-11-9-8(10)5-7(6-12-9)13(14)15/h5-6H,2-4H2,1H3,(H,11,12). The molecule has 88 valence electrons. The van der Waals surface area contributed by atoms with Crippen molar-refractivity contribution in [3.05, 3.63) is 26.9 Å². The van der Waals surface area contributed by atoms with Gasteiger partial charge in [0.2, 0.25) is 0 Å². The van der Waals surface area contributed by atoms with Crippen molar-refractivity contribution < 1.29 is 4.92 Å². The van der Waals surface area contributed by atoms with Gasteiger partial charge in [-0.3, -0.25) is 10.1 Å². The fraction of sp³-hybridized carbons (Fsp3) is 0.444. The second-order valence-electron chi connectivity index (χ2n) is 3.05. The van der Waals surface area contributed by atoms with Crippen molar-refractivity contribution in [1.29, 1.82) is 0 Å². The molecule has 0 atom stereocenters. The van der Waals surface area contributed by atoms with Crippen LogP contribution in [0.3, 0.4) is 0 Å². The highest BCUT2D eigenvalue weighted by Crippen LogP contribution is 2.24. The molecule has 1 aromatic heterocycles. The summed E-state index contributed by atoms with van der Waals surface area (Å²) in [5.74, 6) is 1.73. The molecule has 0 bridgehead atoms. The third kappa shape index (κ3) is 3.97. The minimum atomic E-state index is -0.463. The van der Waals surface area contributed by atoms with Crippen molar-refractivity contribution in [2.24, 2.45) is 0 Å². The summed E-state index contributed by atoms with van der Waals surface area (Å²) >= 11 is 5.04. The molecule has 0 unspecified atom stereocenters. The summed E-state index contributed by atoms with van der Waals surface area (Å²) in [5, 5.41) is 13.6. The molecule has 0 aromatic carbocycles. The Morgan fingerprint density at radius 2 is 2.44 bits per heavy atom.